The van der Waals surface area contributed by atoms with Crippen molar-refractivity contribution in [3.05, 3.63) is 24.0 Å². The summed E-state index contributed by atoms with van der Waals surface area (Å²) in [7, 11) is 1.58. The molecule has 1 aromatic carbocycles. The van der Waals surface area contributed by atoms with E-state index in [2.05, 4.69) is 5.32 Å². The van der Waals surface area contributed by atoms with E-state index in [1.54, 1.807) is 19.2 Å². The fourth-order valence-electron chi connectivity index (χ4n) is 1.39. The number of rotatable bonds is 7. The number of ether oxygens (including phenoxy) is 2. The van der Waals surface area contributed by atoms with Crippen molar-refractivity contribution in [2.75, 3.05) is 25.6 Å². The van der Waals surface area contributed by atoms with Crippen molar-refractivity contribution in [1.29, 1.82) is 5.26 Å². The standard InChI is InChI=1S/C13H15FN2O3/c1-18-8-3-9-19-11-5-2-4-10(14)13(11)16-12(17)6-7-15/h2,4-5H,3,6,8-9H2,1H3,(H,16,17). The number of carbonyl (C=O) groups excluding carboxylic acids is 1. The van der Waals surface area contributed by atoms with Gasteiger partial charge < -0.3 is 14.8 Å². The van der Waals surface area contributed by atoms with Crippen molar-refractivity contribution in [2.45, 2.75) is 12.8 Å². The van der Waals surface area contributed by atoms with E-state index in [4.69, 9.17) is 14.7 Å². The van der Waals surface area contributed by atoms with E-state index in [9.17, 15) is 9.18 Å². The van der Waals surface area contributed by atoms with Crippen LogP contribution in [0.2, 0.25) is 0 Å². The predicted octanol–water partition coefficient (Wildman–Crippen LogP) is 2.09. The Bertz CT molecular complexity index is 471. The van der Waals surface area contributed by atoms with E-state index in [1.807, 2.05) is 0 Å². The van der Waals surface area contributed by atoms with Gasteiger partial charge in [0.1, 0.15) is 17.9 Å². The highest BCUT2D eigenvalue weighted by atomic mass is 19.1. The maximum absolute atomic E-state index is 13.6. The average Bonchev–Trinajstić information content (AvgIpc) is 2.38. The zero-order chi connectivity index (χ0) is 14.1. The van der Waals surface area contributed by atoms with Crippen LogP contribution in [-0.4, -0.2) is 26.2 Å². The monoisotopic (exact) mass is 266 g/mol. The van der Waals surface area contributed by atoms with Gasteiger partial charge in [0.2, 0.25) is 5.91 Å². The summed E-state index contributed by atoms with van der Waals surface area (Å²) in [5, 5.41) is 10.7. The van der Waals surface area contributed by atoms with Gasteiger partial charge in [0.15, 0.2) is 5.82 Å². The topological polar surface area (TPSA) is 71.3 Å². The van der Waals surface area contributed by atoms with Crippen LogP contribution in [0.4, 0.5) is 10.1 Å². The number of benzene rings is 1. The van der Waals surface area contributed by atoms with E-state index in [1.165, 1.54) is 12.1 Å². The van der Waals surface area contributed by atoms with Crippen molar-refractivity contribution in [3.8, 4) is 11.8 Å². The summed E-state index contributed by atoms with van der Waals surface area (Å²) in [6, 6.07) is 5.95. The molecule has 0 unspecified atom stereocenters. The molecule has 19 heavy (non-hydrogen) atoms. The van der Waals surface area contributed by atoms with Crippen molar-refractivity contribution in [1.82, 2.24) is 0 Å². The molecular formula is C13H15FN2O3. The maximum atomic E-state index is 13.6. The molecule has 1 amide bonds. The van der Waals surface area contributed by atoms with Crippen molar-refractivity contribution < 1.29 is 18.7 Å². The number of para-hydroxylation sites is 1. The molecule has 6 heteroatoms. The number of amides is 1. The fourth-order valence-corrected chi connectivity index (χ4v) is 1.39. The summed E-state index contributed by atoms with van der Waals surface area (Å²) in [5.41, 5.74) is -0.0415. The largest absolute Gasteiger partial charge is 0.491 e. The highest BCUT2D eigenvalue weighted by molar-refractivity contribution is 5.93. The Kier molecular flexibility index (Phi) is 6.33. The average molecular weight is 266 g/mol. The van der Waals surface area contributed by atoms with Gasteiger partial charge in [-0.1, -0.05) is 6.07 Å². The highest BCUT2D eigenvalue weighted by Gasteiger charge is 2.12. The van der Waals surface area contributed by atoms with Crippen molar-refractivity contribution in [3.63, 3.8) is 0 Å². The normalized spacial score (nSPS) is 9.74. The molecule has 0 bridgehead atoms. The second-order valence-electron chi connectivity index (χ2n) is 3.69. The minimum absolute atomic E-state index is 0.0415. The van der Waals surface area contributed by atoms with Crippen LogP contribution in [0.1, 0.15) is 12.8 Å². The summed E-state index contributed by atoms with van der Waals surface area (Å²) in [6.07, 6.45) is 0.316. The number of methoxy groups -OCH3 is 1. The minimum Gasteiger partial charge on any atom is -0.491 e. The lowest BCUT2D eigenvalue weighted by molar-refractivity contribution is -0.115. The molecule has 0 aliphatic carbocycles. The van der Waals surface area contributed by atoms with Crippen molar-refractivity contribution >= 4 is 11.6 Å². The van der Waals surface area contributed by atoms with Crippen molar-refractivity contribution in [2.24, 2.45) is 0 Å². The first-order valence-electron chi connectivity index (χ1n) is 5.76. The summed E-state index contributed by atoms with van der Waals surface area (Å²) in [5.74, 6) is -0.938. The molecule has 5 nitrogen and oxygen atoms in total. The number of hydrogen-bond donors (Lipinski definition) is 1. The number of nitrogens with one attached hydrogen (secondary N) is 1. The summed E-state index contributed by atoms with van der Waals surface area (Å²) in [6.45, 7) is 0.879. The van der Waals surface area contributed by atoms with E-state index in [0.717, 1.165) is 0 Å². The number of anilines is 1. The molecule has 0 heterocycles. The van der Waals surface area contributed by atoms with E-state index in [0.29, 0.717) is 19.6 Å². The molecular weight excluding hydrogens is 251 g/mol. The van der Waals surface area contributed by atoms with Crippen LogP contribution in [0.25, 0.3) is 0 Å². The van der Waals surface area contributed by atoms with Crippen LogP contribution < -0.4 is 10.1 Å². The molecule has 0 saturated carbocycles. The van der Waals surface area contributed by atoms with Crippen LogP contribution >= 0.6 is 0 Å². The molecule has 0 atom stereocenters. The molecule has 0 spiro atoms. The lowest BCUT2D eigenvalue weighted by atomic mass is 10.2. The molecule has 1 aromatic rings. The highest BCUT2D eigenvalue weighted by Crippen LogP contribution is 2.27. The number of nitrogens with zero attached hydrogens (tertiary/aromatic N) is 1. The summed E-state index contributed by atoms with van der Waals surface area (Å²) < 4.78 is 23.9. The molecule has 0 aromatic heterocycles. The van der Waals surface area contributed by atoms with E-state index in [-0.39, 0.29) is 17.9 Å². The Hall–Kier alpha value is -2.13. The molecule has 0 radical (unpaired) electrons. The molecule has 0 aliphatic rings. The summed E-state index contributed by atoms with van der Waals surface area (Å²) in [4.78, 5) is 11.3. The first-order chi connectivity index (χ1) is 9.19. The Labute approximate surface area is 110 Å². The zero-order valence-electron chi connectivity index (χ0n) is 10.6. The maximum Gasteiger partial charge on any atom is 0.238 e. The molecule has 0 saturated heterocycles. The van der Waals surface area contributed by atoms with Crippen LogP contribution in [0, 0.1) is 17.1 Å². The fraction of sp³-hybridized carbons (Fsp3) is 0.385. The van der Waals surface area contributed by atoms with Gasteiger partial charge in [-0.3, -0.25) is 4.79 Å². The molecule has 1 rings (SSSR count). The van der Waals surface area contributed by atoms with Crippen LogP contribution in [0.15, 0.2) is 18.2 Å². The third-order valence-corrected chi connectivity index (χ3v) is 2.23. The second-order valence-corrected chi connectivity index (χ2v) is 3.69. The minimum atomic E-state index is -0.601. The first kappa shape index (κ1) is 14.9. The van der Waals surface area contributed by atoms with Gasteiger partial charge in [0, 0.05) is 20.1 Å². The van der Waals surface area contributed by atoms with Crippen LogP contribution in [-0.2, 0) is 9.53 Å². The van der Waals surface area contributed by atoms with Gasteiger partial charge in [0.05, 0.1) is 12.7 Å². The van der Waals surface area contributed by atoms with E-state index < -0.39 is 11.7 Å². The third kappa shape index (κ3) is 4.94. The summed E-state index contributed by atoms with van der Waals surface area (Å²) >= 11 is 0. The lowest BCUT2D eigenvalue weighted by Crippen LogP contribution is -2.13. The third-order valence-electron chi connectivity index (χ3n) is 2.23. The Morgan fingerprint density at radius 1 is 1.47 bits per heavy atom. The predicted molar refractivity (Wildman–Crippen MR) is 67.2 cm³/mol. The first-order valence-corrected chi connectivity index (χ1v) is 5.76. The van der Waals surface area contributed by atoms with Gasteiger partial charge in [-0.25, -0.2) is 4.39 Å². The zero-order valence-corrected chi connectivity index (χ0v) is 10.6. The second kappa shape index (κ2) is 8.06. The van der Waals surface area contributed by atoms with Gasteiger partial charge in [0.25, 0.3) is 0 Å². The van der Waals surface area contributed by atoms with Gasteiger partial charge >= 0.3 is 0 Å². The van der Waals surface area contributed by atoms with Gasteiger partial charge in [-0.2, -0.15) is 5.26 Å². The van der Waals surface area contributed by atoms with Gasteiger partial charge in [-0.05, 0) is 12.1 Å². The van der Waals surface area contributed by atoms with E-state index >= 15 is 0 Å². The number of carbonyl (C=O) groups is 1. The molecule has 0 aliphatic heterocycles. The SMILES string of the molecule is COCCCOc1cccc(F)c1NC(=O)CC#N. The lowest BCUT2D eigenvalue weighted by Gasteiger charge is -2.12. The molecule has 1 N–H and O–H groups in total. The molecule has 102 valence electrons. The molecule has 0 fully saturated rings. The Balaban J connectivity index is 2.72. The van der Waals surface area contributed by atoms with Crippen LogP contribution in [0.5, 0.6) is 5.75 Å². The quantitative estimate of drug-likeness (QED) is 0.767. The van der Waals surface area contributed by atoms with Gasteiger partial charge in [-0.15, -0.1) is 0 Å². The Morgan fingerprint density at radius 2 is 2.26 bits per heavy atom. The number of hydrogen-bond acceptors (Lipinski definition) is 4. The smallest absolute Gasteiger partial charge is 0.238 e. The Morgan fingerprint density at radius 3 is 2.95 bits per heavy atom. The number of nitriles is 1. The van der Waals surface area contributed by atoms with Crippen LogP contribution in [0.3, 0.4) is 0 Å². The number of halogens is 1.